The largest absolute Gasteiger partial charge is 0.467 e. The molecule has 1 N–H and O–H groups in total. The molecule has 0 fully saturated rings. The summed E-state index contributed by atoms with van der Waals surface area (Å²) in [6.45, 7) is 1.85. The van der Waals surface area contributed by atoms with Gasteiger partial charge in [0, 0.05) is 6.42 Å². The van der Waals surface area contributed by atoms with Crippen LogP contribution in [0.5, 0.6) is 0 Å². The molecule has 3 nitrogen and oxygen atoms in total. The lowest BCUT2D eigenvalue weighted by Crippen LogP contribution is -2.26. The molecule has 0 spiro atoms. The smallest absolute Gasteiger partial charge is 0.220 e. The summed E-state index contributed by atoms with van der Waals surface area (Å²) >= 11 is 0. The first kappa shape index (κ1) is 13.3. The molecule has 0 aliphatic rings. The minimum Gasteiger partial charge on any atom is -0.467 e. The molecule has 2 aromatic rings. The van der Waals surface area contributed by atoms with E-state index in [1.54, 1.807) is 30.5 Å². The van der Waals surface area contributed by atoms with Crippen molar-refractivity contribution in [2.24, 2.45) is 0 Å². The van der Waals surface area contributed by atoms with E-state index in [1.807, 2.05) is 13.0 Å². The van der Waals surface area contributed by atoms with Crippen LogP contribution in [-0.2, 0) is 11.2 Å². The van der Waals surface area contributed by atoms with Gasteiger partial charge in [0.2, 0.25) is 5.91 Å². The molecule has 100 valence electrons. The lowest BCUT2D eigenvalue weighted by molar-refractivity contribution is -0.121. The van der Waals surface area contributed by atoms with Gasteiger partial charge in [-0.1, -0.05) is 18.2 Å². The number of aryl methyl sites for hydroxylation is 1. The van der Waals surface area contributed by atoms with Gasteiger partial charge in [0.15, 0.2) is 0 Å². The summed E-state index contributed by atoms with van der Waals surface area (Å²) in [5.74, 6) is 0.320. The van der Waals surface area contributed by atoms with Crippen molar-refractivity contribution in [3.63, 3.8) is 0 Å². The van der Waals surface area contributed by atoms with E-state index in [0.717, 1.165) is 0 Å². The Morgan fingerprint density at radius 2 is 2.11 bits per heavy atom. The van der Waals surface area contributed by atoms with Gasteiger partial charge in [-0.2, -0.15) is 0 Å². The van der Waals surface area contributed by atoms with Crippen LogP contribution < -0.4 is 5.32 Å². The van der Waals surface area contributed by atoms with E-state index in [0.29, 0.717) is 17.7 Å². The van der Waals surface area contributed by atoms with E-state index in [2.05, 4.69) is 5.32 Å². The summed E-state index contributed by atoms with van der Waals surface area (Å²) in [5, 5.41) is 2.82. The number of furan rings is 1. The SMILES string of the molecule is CC(NC(=O)CCc1ccccc1F)c1ccco1. The third kappa shape index (κ3) is 3.68. The first-order valence-corrected chi connectivity index (χ1v) is 6.23. The topological polar surface area (TPSA) is 42.2 Å². The van der Waals surface area contributed by atoms with Gasteiger partial charge < -0.3 is 9.73 Å². The second-order valence-corrected chi connectivity index (χ2v) is 4.40. The lowest BCUT2D eigenvalue weighted by Gasteiger charge is -2.11. The van der Waals surface area contributed by atoms with Gasteiger partial charge in [0.25, 0.3) is 0 Å². The number of amides is 1. The second-order valence-electron chi connectivity index (χ2n) is 4.40. The minimum absolute atomic E-state index is 0.118. The van der Waals surface area contributed by atoms with Crippen LogP contribution in [0.1, 0.15) is 30.7 Å². The van der Waals surface area contributed by atoms with Crippen molar-refractivity contribution in [2.75, 3.05) is 0 Å². The van der Waals surface area contributed by atoms with Gasteiger partial charge in [0.05, 0.1) is 12.3 Å². The molecule has 0 saturated heterocycles. The highest BCUT2D eigenvalue weighted by atomic mass is 19.1. The standard InChI is InChI=1S/C15H16FNO2/c1-11(14-7-4-10-19-14)17-15(18)9-8-12-5-2-3-6-13(12)16/h2-7,10-11H,8-9H2,1H3,(H,17,18). The predicted molar refractivity (Wildman–Crippen MR) is 70.0 cm³/mol. The first-order chi connectivity index (χ1) is 9.16. The van der Waals surface area contributed by atoms with Crippen LogP contribution in [0.4, 0.5) is 4.39 Å². The Balaban J connectivity index is 1.84. The molecule has 1 aromatic heterocycles. The molecule has 4 heteroatoms. The van der Waals surface area contributed by atoms with Gasteiger partial charge in [-0.15, -0.1) is 0 Å². The summed E-state index contributed by atoms with van der Waals surface area (Å²) < 4.78 is 18.6. The molecule has 0 bridgehead atoms. The molecule has 0 aliphatic heterocycles. The molecule has 0 radical (unpaired) electrons. The molecule has 0 aliphatic carbocycles. The van der Waals surface area contributed by atoms with Crippen LogP contribution in [0, 0.1) is 5.82 Å². The number of hydrogen-bond acceptors (Lipinski definition) is 2. The highest BCUT2D eigenvalue weighted by Crippen LogP contribution is 2.13. The van der Waals surface area contributed by atoms with Crippen molar-refractivity contribution in [2.45, 2.75) is 25.8 Å². The summed E-state index contributed by atoms with van der Waals surface area (Å²) in [4.78, 5) is 11.8. The molecule has 2 rings (SSSR count). The van der Waals surface area contributed by atoms with Crippen molar-refractivity contribution in [3.8, 4) is 0 Å². The average Bonchev–Trinajstić information content (AvgIpc) is 2.91. The maximum Gasteiger partial charge on any atom is 0.220 e. The maximum atomic E-state index is 13.4. The van der Waals surface area contributed by atoms with E-state index in [4.69, 9.17) is 4.42 Å². The normalized spacial score (nSPS) is 12.1. The Morgan fingerprint density at radius 1 is 1.32 bits per heavy atom. The van der Waals surface area contributed by atoms with Crippen molar-refractivity contribution >= 4 is 5.91 Å². The monoisotopic (exact) mass is 261 g/mol. The molecule has 1 aromatic carbocycles. The number of benzene rings is 1. The maximum absolute atomic E-state index is 13.4. The molecule has 1 heterocycles. The number of rotatable bonds is 5. The van der Waals surface area contributed by atoms with Crippen LogP contribution in [-0.4, -0.2) is 5.91 Å². The average molecular weight is 261 g/mol. The zero-order valence-corrected chi connectivity index (χ0v) is 10.7. The van der Waals surface area contributed by atoms with Crippen molar-refractivity contribution < 1.29 is 13.6 Å². The Labute approximate surface area is 111 Å². The highest BCUT2D eigenvalue weighted by molar-refractivity contribution is 5.76. The third-order valence-corrected chi connectivity index (χ3v) is 2.93. The quantitative estimate of drug-likeness (QED) is 0.897. The van der Waals surface area contributed by atoms with Gasteiger partial charge >= 0.3 is 0 Å². The van der Waals surface area contributed by atoms with E-state index < -0.39 is 0 Å². The summed E-state index contributed by atoms with van der Waals surface area (Å²) in [7, 11) is 0. The van der Waals surface area contributed by atoms with Gasteiger partial charge in [-0.3, -0.25) is 4.79 Å². The van der Waals surface area contributed by atoms with Crippen molar-refractivity contribution in [1.29, 1.82) is 0 Å². The van der Waals surface area contributed by atoms with Gasteiger partial charge in [-0.25, -0.2) is 4.39 Å². The molecule has 1 unspecified atom stereocenters. The minimum atomic E-state index is -0.269. The summed E-state index contributed by atoms with van der Waals surface area (Å²) in [5.41, 5.74) is 0.559. The molecule has 19 heavy (non-hydrogen) atoms. The zero-order valence-electron chi connectivity index (χ0n) is 10.7. The summed E-state index contributed by atoms with van der Waals surface area (Å²) in [6, 6.07) is 9.90. The van der Waals surface area contributed by atoms with Crippen LogP contribution in [0.3, 0.4) is 0 Å². The van der Waals surface area contributed by atoms with Gasteiger partial charge in [-0.05, 0) is 37.1 Å². The lowest BCUT2D eigenvalue weighted by atomic mass is 10.1. The van der Waals surface area contributed by atoms with E-state index in [1.165, 1.54) is 6.07 Å². The Morgan fingerprint density at radius 3 is 2.79 bits per heavy atom. The number of carbonyl (C=O) groups is 1. The van der Waals surface area contributed by atoms with Crippen LogP contribution in [0.15, 0.2) is 47.1 Å². The molecule has 1 atom stereocenters. The number of halogens is 1. The molecule has 0 saturated carbocycles. The number of nitrogens with one attached hydrogen (secondary N) is 1. The van der Waals surface area contributed by atoms with Gasteiger partial charge in [0.1, 0.15) is 11.6 Å². The fourth-order valence-electron chi connectivity index (χ4n) is 1.87. The fourth-order valence-corrected chi connectivity index (χ4v) is 1.87. The first-order valence-electron chi connectivity index (χ1n) is 6.23. The second kappa shape index (κ2) is 6.18. The molecule has 1 amide bonds. The fraction of sp³-hybridized carbons (Fsp3) is 0.267. The Bertz CT molecular complexity index is 537. The number of hydrogen-bond donors (Lipinski definition) is 1. The number of carbonyl (C=O) groups excluding carboxylic acids is 1. The van der Waals surface area contributed by atoms with Crippen LogP contribution in [0.25, 0.3) is 0 Å². The van der Waals surface area contributed by atoms with Crippen LogP contribution >= 0.6 is 0 Å². The van der Waals surface area contributed by atoms with Crippen molar-refractivity contribution in [1.82, 2.24) is 5.32 Å². The van der Waals surface area contributed by atoms with Crippen LogP contribution in [0.2, 0.25) is 0 Å². The van der Waals surface area contributed by atoms with E-state index in [-0.39, 0.29) is 24.2 Å². The Kier molecular flexibility index (Phi) is 4.34. The Hall–Kier alpha value is -2.10. The molecular formula is C15H16FNO2. The molecular weight excluding hydrogens is 245 g/mol. The zero-order chi connectivity index (χ0) is 13.7. The third-order valence-electron chi connectivity index (χ3n) is 2.93. The van der Waals surface area contributed by atoms with E-state index in [9.17, 15) is 9.18 Å². The summed E-state index contributed by atoms with van der Waals surface area (Å²) in [6.07, 6.45) is 2.21. The van der Waals surface area contributed by atoms with E-state index >= 15 is 0 Å². The highest BCUT2D eigenvalue weighted by Gasteiger charge is 2.12. The predicted octanol–water partition coefficient (Wildman–Crippen LogP) is 3.23. The van der Waals surface area contributed by atoms with Crippen molar-refractivity contribution in [3.05, 3.63) is 59.8 Å².